The van der Waals surface area contributed by atoms with Crippen molar-refractivity contribution in [1.82, 2.24) is 14.5 Å². The molecule has 0 saturated heterocycles. The SMILES string of the molecule is COc1cc(Cn2c(-c3ccncc3)nc3ccccc32)cc(OC)c1. The zero-order valence-electron chi connectivity index (χ0n) is 14.7. The van der Waals surface area contributed by atoms with Gasteiger partial charge in [0.25, 0.3) is 0 Å². The van der Waals surface area contributed by atoms with Crippen molar-refractivity contribution >= 4 is 11.0 Å². The molecule has 130 valence electrons. The standard InChI is InChI=1S/C21H19N3O2/c1-25-17-11-15(12-18(13-17)26-2)14-24-20-6-4-3-5-19(20)23-21(24)16-7-9-22-10-8-16/h3-13H,14H2,1-2H3. The van der Waals surface area contributed by atoms with E-state index in [1.807, 2.05) is 48.5 Å². The van der Waals surface area contributed by atoms with Crippen molar-refractivity contribution in [3.05, 3.63) is 72.6 Å². The molecule has 4 rings (SSSR count). The Morgan fingerprint density at radius 3 is 2.27 bits per heavy atom. The molecule has 0 radical (unpaired) electrons. The second kappa shape index (κ2) is 6.88. The fourth-order valence-electron chi connectivity index (χ4n) is 3.10. The van der Waals surface area contributed by atoms with E-state index in [0.717, 1.165) is 39.5 Å². The minimum atomic E-state index is 0.658. The van der Waals surface area contributed by atoms with E-state index in [1.54, 1.807) is 26.6 Å². The minimum absolute atomic E-state index is 0.658. The van der Waals surface area contributed by atoms with Gasteiger partial charge in [0, 0.05) is 30.6 Å². The Kier molecular flexibility index (Phi) is 4.27. The number of hydrogen-bond donors (Lipinski definition) is 0. The first-order valence-corrected chi connectivity index (χ1v) is 8.36. The van der Waals surface area contributed by atoms with Gasteiger partial charge in [0.1, 0.15) is 17.3 Å². The van der Waals surface area contributed by atoms with E-state index in [2.05, 4.69) is 15.6 Å². The molecule has 0 aliphatic rings. The van der Waals surface area contributed by atoms with Crippen LogP contribution in [0, 0.1) is 0 Å². The number of methoxy groups -OCH3 is 2. The van der Waals surface area contributed by atoms with Gasteiger partial charge in [-0.05, 0) is 42.0 Å². The Bertz CT molecular complexity index is 1020. The zero-order chi connectivity index (χ0) is 17.9. The Morgan fingerprint density at radius 2 is 1.58 bits per heavy atom. The third-order valence-corrected chi connectivity index (χ3v) is 4.34. The molecule has 0 aliphatic heterocycles. The van der Waals surface area contributed by atoms with E-state index in [-0.39, 0.29) is 0 Å². The molecule has 5 heteroatoms. The number of rotatable bonds is 5. The summed E-state index contributed by atoms with van der Waals surface area (Å²) in [4.78, 5) is 8.95. The number of nitrogens with zero attached hydrogens (tertiary/aromatic N) is 3. The van der Waals surface area contributed by atoms with Gasteiger partial charge in [0.15, 0.2) is 0 Å². The molecule has 0 bridgehead atoms. The largest absolute Gasteiger partial charge is 0.497 e. The van der Waals surface area contributed by atoms with Crippen molar-refractivity contribution in [2.75, 3.05) is 14.2 Å². The number of aromatic nitrogens is 3. The number of benzene rings is 2. The molecule has 0 saturated carbocycles. The number of pyridine rings is 1. The summed E-state index contributed by atoms with van der Waals surface area (Å²) in [5.74, 6) is 2.46. The highest BCUT2D eigenvalue weighted by Gasteiger charge is 2.13. The summed E-state index contributed by atoms with van der Waals surface area (Å²) in [5.41, 5.74) is 4.17. The molecule has 4 aromatic rings. The van der Waals surface area contributed by atoms with Crippen molar-refractivity contribution in [1.29, 1.82) is 0 Å². The maximum atomic E-state index is 5.41. The van der Waals surface area contributed by atoms with Crippen LogP contribution in [-0.4, -0.2) is 28.8 Å². The van der Waals surface area contributed by atoms with Crippen LogP contribution in [0.3, 0.4) is 0 Å². The van der Waals surface area contributed by atoms with Gasteiger partial charge in [0.2, 0.25) is 0 Å². The fourth-order valence-corrected chi connectivity index (χ4v) is 3.10. The van der Waals surface area contributed by atoms with Gasteiger partial charge < -0.3 is 14.0 Å². The lowest BCUT2D eigenvalue weighted by Crippen LogP contribution is -2.03. The van der Waals surface area contributed by atoms with Gasteiger partial charge in [0.05, 0.1) is 25.3 Å². The van der Waals surface area contributed by atoms with E-state index in [0.29, 0.717) is 6.54 Å². The van der Waals surface area contributed by atoms with Crippen molar-refractivity contribution in [3.63, 3.8) is 0 Å². The number of hydrogen-bond acceptors (Lipinski definition) is 4. The second-order valence-electron chi connectivity index (χ2n) is 5.97. The molecule has 2 heterocycles. The predicted octanol–water partition coefficient (Wildman–Crippen LogP) is 4.16. The maximum Gasteiger partial charge on any atom is 0.141 e. The molecular weight excluding hydrogens is 326 g/mol. The summed E-state index contributed by atoms with van der Waals surface area (Å²) in [5, 5.41) is 0. The summed E-state index contributed by atoms with van der Waals surface area (Å²) < 4.78 is 13.0. The van der Waals surface area contributed by atoms with Crippen molar-refractivity contribution in [3.8, 4) is 22.9 Å². The first-order chi connectivity index (χ1) is 12.8. The maximum absolute atomic E-state index is 5.41. The lowest BCUT2D eigenvalue weighted by atomic mass is 10.2. The van der Waals surface area contributed by atoms with Crippen LogP contribution >= 0.6 is 0 Å². The van der Waals surface area contributed by atoms with Crippen molar-refractivity contribution in [2.45, 2.75) is 6.54 Å². The molecule has 2 aromatic heterocycles. The summed E-state index contributed by atoms with van der Waals surface area (Å²) in [6.45, 7) is 0.658. The number of ether oxygens (including phenoxy) is 2. The number of para-hydroxylation sites is 2. The first kappa shape index (κ1) is 16.1. The van der Waals surface area contributed by atoms with Crippen LogP contribution in [0.15, 0.2) is 67.0 Å². The van der Waals surface area contributed by atoms with Crippen LogP contribution in [0.2, 0.25) is 0 Å². The molecule has 5 nitrogen and oxygen atoms in total. The van der Waals surface area contributed by atoms with E-state index in [9.17, 15) is 0 Å². The van der Waals surface area contributed by atoms with Crippen molar-refractivity contribution in [2.24, 2.45) is 0 Å². The highest BCUT2D eigenvalue weighted by molar-refractivity contribution is 5.80. The number of imidazole rings is 1. The van der Waals surface area contributed by atoms with Crippen LogP contribution in [0.5, 0.6) is 11.5 Å². The van der Waals surface area contributed by atoms with Gasteiger partial charge in [-0.1, -0.05) is 12.1 Å². The summed E-state index contributed by atoms with van der Waals surface area (Å²) >= 11 is 0. The lowest BCUT2D eigenvalue weighted by molar-refractivity contribution is 0.393. The van der Waals surface area contributed by atoms with Crippen LogP contribution in [0.4, 0.5) is 0 Å². The molecule has 0 unspecified atom stereocenters. The van der Waals surface area contributed by atoms with E-state index >= 15 is 0 Å². The van der Waals surface area contributed by atoms with Crippen LogP contribution in [0.25, 0.3) is 22.4 Å². The molecule has 26 heavy (non-hydrogen) atoms. The van der Waals surface area contributed by atoms with Crippen LogP contribution in [-0.2, 0) is 6.54 Å². The normalized spacial score (nSPS) is 10.8. The lowest BCUT2D eigenvalue weighted by Gasteiger charge is -2.12. The third-order valence-electron chi connectivity index (χ3n) is 4.34. The zero-order valence-corrected chi connectivity index (χ0v) is 14.7. The molecular formula is C21H19N3O2. The molecule has 0 fully saturated rings. The monoisotopic (exact) mass is 345 g/mol. The second-order valence-corrected chi connectivity index (χ2v) is 5.97. The topological polar surface area (TPSA) is 49.2 Å². The van der Waals surface area contributed by atoms with Gasteiger partial charge in [-0.2, -0.15) is 0 Å². The fraction of sp³-hybridized carbons (Fsp3) is 0.143. The first-order valence-electron chi connectivity index (χ1n) is 8.36. The van der Waals surface area contributed by atoms with Crippen LogP contribution < -0.4 is 9.47 Å². The highest BCUT2D eigenvalue weighted by atomic mass is 16.5. The minimum Gasteiger partial charge on any atom is -0.497 e. The predicted molar refractivity (Wildman–Crippen MR) is 102 cm³/mol. The molecule has 0 aliphatic carbocycles. The average molecular weight is 345 g/mol. The molecule has 0 atom stereocenters. The van der Waals surface area contributed by atoms with Crippen molar-refractivity contribution < 1.29 is 9.47 Å². The summed E-state index contributed by atoms with van der Waals surface area (Å²) in [6.07, 6.45) is 3.57. The molecule has 2 aromatic carbocycles. The van der Waals surface area contributed by atoms with Gasteiger partial charge >= 0.3 is 0 Å². The molecule has 0 spiro atoms. The average Bonchev–Trinajstić information content (AvgIpc) is 3.07. The Labute approximate surface area is 151 Å². The Morgan fingerprint density at radius 1 is 0.885 bits per heavy atom. The summed E-state index contributed by atoms with van der Waals surface area (Å²) in [6, 6.07) is 18.0. The van der Waals surface area contributed by atoms with Gasteiger partial charge in [-0.25, -0.2) is 4.98 Å². The number of fused-ring (bicyclic) bond motifs is 1. The van der Waals surface area contributed by atoms with E-state index < -0.39 is 0 Å². The molecule has 0 N–H and O–H groups in total. The summed E-state index contributed by atoms with van der Waals surface area (Å²) in [7, 11) is 3.32. The smallest absolute Gasteiger partial charge is 0.141 e. The van der Waals surface area contributed by atoms with Crippen LogP contribution in [0.1, 0.15) is 5.56 Å². The van der Waals surface area contributed by atoms with E-state index in [4.69, 9.17) is 14.5 Å². The Balaban J connectivity index is 1.86. The van der Waals surface area contributed by atoms with Gasteiger partial charge in [-0.3, -0.25) is 4.98 Å². The Hall–Kier alpha value is -3.34. The van der Waals surface area contributed by atoms with E-state index in [1.165, 1.54) is 0 Å². The highest BCUT2D eigenvalue weighted by Crippen LogP contribution is 2.28. The quantitative estimate of drug-likeness (QED) is 0.545. The van der Waals surface area contributed by atoms with Gasteiger partial charge in [-0.15, -0.1) is 0 Å². The molecule has 0 amide bonds. The third kappa shape index (κ3) is 2.99.